The second-order valence-electron chi connectivity index (χ2n) is 7.83. The zero-order valence-electron chi connectivity index (χ0n) is 14.7. The molecule has 1 atom stereocenters. The Balaban J connectivity index is 0.00000182. The van der Waals surface area contributed by atoms with Crippen LogP contribution in [0.2, 0.25) is 0 Å². The molecule has 0 aromatic heterocycles. The van der Waals surface area contributed by atoms with Gasteiger partial charge < -0.3 is 4.90 Å². The Kier molecular flexibility index (Phi) is 6.00. The molecule has 1 unspecified atom stereocenters. The standard InChI is InChI=1S/C20H27FN2O.ClH/c21-18-3-1-15(2-4-18)13-16-7-11-23(12-8-16)20(24)19-14-17-5-9-22(19)10-6-17;/h1-4,16-17,19H,5-14H2;1H. The van der Waals surface area contributed by atoms with Crippen LogP contribution < -0.4 is 0 Å². The zero-order chi connectivity index (χ0) is 16.5. The number of halogens is 2. The molecule has 0 N–H and O–H groups in total. The number of hydrogen-bond acceptors (Lipinski definition) is 2. The van der Waals surface area contributed by atoms with Gasteiger partial charge >= 0.3 is 0 Å². The van der Waals surface area contributed by atoms with Gasteiger partial charge in [0, 0.05) is 13.1 Å². The van der Waals surface area contributed by atoms with E-state index in [1.54, 1.807) is 12.1 Å². The van der Waals surface area contributed by atoms with Gasteiger partial charge in [-0.1, -0.05) is 12.1 Å². The van der Waals surface area contributed by atoms with Crippen LogP contribution in [0.25, 0.3) is 0 Å². The Morgan fingerprint density at radius 1 is 1.00 bits per heavy atom. The normalized spacial score (nSPS) is 29.3. The summed E-state index contributed by atoms with van der Waals surface area (Å²) in [7, 11) is 0. The second kappa shape index (κ2) is 8.05. The van der Waals surface area contributed by atoms with E-state index in [1.165, 1.54) is 18.4 Å². The maximum absolute atomic E-state index is 13.0. The van der Waals surface area contributed by atoms with Crippen LogP contribution in [0.4, 0.5) is 4.39 Å². The minimum Gasteiger partial charge on any atom is -0.341 e. The molecule has 0 aliphatic carbocycles. The summed E-state index contributed by atoms with van der Waals surface area (Å²) in [5, 5.41) is 0. The van der Waals surface area contributed by atoms with Gasteiger partial charge in [-0.25, -0.2) is 4.39 Å². The summed E-state index contributed by atoms with van der Waals surface area (Å²) >= 11 is 0. The summed E-state index contributed by atoms with van der Waals surface area (Å²) in [4.78, 5) is 17.4. The van der Waals surface area contributed by atoms with Gasteiger partial charge in [-0.2, -0.15) is 0 Å². The smallest absolute Gasteiger partial charge is 0.239 e. The zero-order valence-corrected chi connectivity index (χ0v) is 15.5. The number of piperidine rings is 4. The third kappa shape index (κ3) is 4.17. The first-order valence-electron chi connectivity index (χ1n) is 9.46. The maximum Gasteiger partial charge on any atom is 0.239 e. The molecule has 4 heterocycles. The third-order valence-corrected chi connectivity index (χ3v) is 6.30. The van der Waals surface area contributed by atoms with Gasteiger partial charge in [0.25, 0.3) is 0 Å². The van der Waals surface area contributed by atoms with Crippen molar-refractivity contribution in [2.45, 2.75) is 44.6 Å². The number of likely N-dealkylation sites (tertiary alicyclic amines) is 1. The van der Waals surface area contributed by atoms with Gasteiger partial charge in [0.15, 0.2) is 0 Å². The molecule has 3 nitrogen and oxygen atoms in total. The molecule has 0 saturated carbocycles. The Morgan fingerprint density at radius 2 is 1.64 bits per heavy atom. The number of benzene rings is 1. The molecular formula is C20H28ClFN2O. The molecule has 2 bridgehead atoms. The van der Waals surface area contributed by atoms with E-state index in [1.807, 2.05) is 12.1 Å². The lowest BCUT2D eigenvalue weighted by Gasteiger charge is -2.46. The van der Waals surface area contributed by atoms with Crippen molar-refractivity contribution in [1.29, 1.82) is 0 Å². The van der Waals surface area contributed by atoms with Crippen molar-refractivity contribution in [2.24, 2.45) is 11.8 Å². The monoisotopic (exact) mass is 366 g/mol. The van der Waals surface area contributed by atoms with E-state index in [0.29, 0.717) is 11.8 Å². The Bertz CT molecular complexity index is 578. The summed E-state index contributed by atoms with van der Waals surface area (Å²) in [6.07, 6.45) is 6.78. The van der Waals surface area contributed by atoms with Crippen molar-refractivity contribution >= 4 is 18.3 Å². The number of carbonyl (C=O) groups excluding carboxylic acids is 1. The predicted molar refractivity (Wildman–Crippen MR) is 99.4 cm³/mol. The molecule has 4 aliphatic heterocycles. The van der Waals surface area contributed by atoms with Gasteiger partial charge in [-0.05, 0) is 81.1 Å². The molecular weight excluding hydrogens is 339 g/mol. The van der Waals surface area contributed by atoms with E-state index in [2.05, 4.69) is 9.80 Å². The van der Waals surface area contributed by atoms with Crippen LogP contribution in [0.15, 0.2) is 24.3 Å². The summed E-state index contributed by atoms with van der Waals surface area (Å²) < 4.78 is 13.0. The molecule has 4 saturated heterocycles. The molecule has 138 valence electrons. The van der Waals surface area contributed by atoms with Crippen molar-refractivity contribution in [2.75, 3.05) is 26.2 Å². The van der Waals surface area contributed by atoms with Gasteiger partial charge in [0.05, 0.1) is 6.04 Å². The van der Waals surface area contributed by atoms with Crippen LogP contribution in [0.3, 0.4) is 0 Å². The minimum atomic E-state index is -0.170. The van der Waals surface area contributed by atoms with Crippen molar-refractivity contribution in [1.82, 2.24) is 9.80 Å². The molecule has 4 aliphatic rings. The van der Waals surface area contributed by atoms with E-state index in [9.17, 15) is 9.18 Å². The van der Waals surface area contributed by atoms with E-state index in [4.69, 9.17) is 0 Å². The number of nitrogens with zero attached hydrogens (tertiary/aromatic N) is 2. The summed E-state index contributed by atoms with van der Waals surface area (Å²) in [6.45, 7) is 4.00. The van der Waals surface area contributed by atoms with E-state index in [0.717, 1.165) is 57.8 Å². The molecule has 0 radical (unpaired) electrons. The highest BCUT2D eigenvalue weighted by Gasteiger charge is 2.39. The largest absolute Gasteiger partial charge is 0.341 e. The number of rotatable bonds is 3. The van der Waals surface area contributed by atoms with Gasteiger partial charge in [-0.3, -0.25) is 9.69 Å². The number of hydrogen-bond donors (Lipinski definition) is 0. The van der Waals surface area contributed by atoms with Crippen molar-refractivity contribution < 1.29 is 9.18 Å². The molecule has 25 heavy (non-hydrogen) atoms. The van der Waals surface area contributed by atoms with Crippen LogP contribution in [0, 0.1) is 17.7 Å². The minimum absolute atomic E-state index is 0. The Labute approximate surface area is 156 Å². The summed E-state index contributed by atoms with van der Waals surface area (Å²) in [5.74, 6) is 1.60. The quantitative estimate of drug-likeness (QED) is 0.817. The number of amides is 1. The van der Waals surface area contributed by atoms with Crippen LogP contribution in [-0.4, -0.2) is 47.9 Å². The van der Waals surface area contributed by atoms with Gasteiger partial charge in [-0.15, -0.1) is 12.4 Å². The highest BCUT2D eigenvalue weighted by molar-refractivity contribution is 5.85. The summed E-state index contributed by atoms with van der Waals surface area (Å²) in [6, 6.07) is 7.02. The van der Waals surface area contributed by atoms with Gasteiger partial charge in [0.2, 0.25) is 5.91 Å². The van der Waals surface area contributed by atoms with Gasteiger partial charge in [0.1, 0.15) is 5.82 Å². The highest BCUT2D eigenvalue weighted by atomic mass is 35.5. The van der Waals surface area contributed by atoms with E-state index < -0.39 is 0 Å². The molecule has 1 aromatic rings. The Hall–Kier alpha value is -1.13. The lowest BCUT2D eigenvalue weighted by molar-refractivity contribution is -0.142. The Morgan fingerprint density at radius 3 is 2.20 bits per heavy atom. The average Bonchev–Trinajstić information content (AvgIpc) is 2.64. The van der Waals surface area contributed by atoms with E-state index >= 15 is 0 Å². The van der Waals surface area contributed by atoms with Crippen LogP contribution >= 0.6 is 12.4 Å². The molecule has 1 amide bonds. The fourth-order valence-corrected chi connectivity index (χ4v) is 4.74. The highest BCUT2D eigenvalue weighted by Crippen LogP contribution is 2.33. The van der Waals surface area contributed by atoms with Crippen molar-refractivity contribution in [3.63, 3.8) is 0 Å². The first-order valence-corrected chi connectivity index (χ1v) is 9.46. The molecule has 5 heteroatoms. The predicted octanol–water partition coefficient (Wildman–Crippen LogP) is 3.51. The second-order valence-corrected chi connectivity index (χ2v) is 7.83. The average molecular weight is 367 g/mol. The van der Waals surface area contributed by atoms with Crippen molar-refractivity contribution in [3.8, 4) is 0 Å². The topological polar surface area (TPSA) is 23.6 Å². The maximum atomic E-state index is 13.0. The molecule has 4 fully saturated rings. The van der Waals surface area contributed by atoms with Crippen LogP contribution in [0.1, 0.15) is 37.7 Å². The van der Waals surface area contributed by atoms with Crippen LogP contribution in [-0.2, 0) is 11.2 Å². The third-order valence-electron chi connectivity index (χ3n) is 6.30. The fraction of sp³-hybridized carbons (Fsp3) is 0.650. The first-order chi connectivity index (χ1) is 11.7. The molecule has 1 aromatic carbocycles. The first kappa shape index (κ1) is 18.7. The van der Waals surface area contributed by atoms with Crippen molar-refractivity contribution in [3.05, 3.63) is 35.6 Å². The molecule has 5 rings (SSSR count). The van der Waals surface area contributed by atoms with Crippen LogP contribution in [0.5, 0.6) is 0 Å². The SMILES string of the molecule is Cl.O=C(C1CC2CCN1CC2)N1CCC(Cc2ccc(F)cc2)CC1. The van der Waals surface area contributed by atoms with E-state index in [-0.39, 0.29) is 24.3 Å². The lowest BCUT2D eigenvalue weighted by Crippen LogP contribution is -2.57. The lowest BCUT2D eigenvalue weighted by atomic mass is 9.82. The number of fused-ring (bicyclic) bond motifs is 3. The fourth-order valence-electron chi connectivity index (χ4n) is 4.74. The number of carbonyl (C=O) groups is 1. The summed E-state index contributed by atoms with van der Waals surface area (Å²) in [5.41, 5.74) is 1.21. The molecule has 0 spiro atoms.